The second kappa shape index (κ2) is 8.61. The Kier molecular flexibility index (Phi) is 5.35. The Hall–Kier alpha value is -4.41. The third kappa shape index (κ3) is 4.07. The highest BCUT2D eigenvalue weighted by molar-refractivity contribution is 5.97. The van der Waals surface area contributed by atoms with Gasteiger partial charge in [-0.1, -0.05) is 23.4 Å². The molecule has 11 nitrogen and oxygen atoms in total. The first-order valence-electron chi connectivity index (χ1n) is 10.4. The molecule has 168 valence electrons. The highest BCUT2D eigenvalue weighted by atomic mass is 16.6. The van der Waals surface area contributed by atoms with Gasteiger partial charge >= 0.3 is 6.09 Å². The number of carbonyl (C=O) groups excluding carboxylic acids is 2. The minimum absolute atomic E-state index is 0.120. The van der Waals surface area contributed by atoms with Crippen LogP contribution in [0.2, 0.25) is 0 Å². The van der Waals surface area contributed by atoms with E-state index in [1.165, 1.54) is 0 Å². The van der Waals surface area contributed by atoms with Crippen molar-refractivity contribution in [1.82, 2.24) is 35.8 Å². The first kappa shape index (κ1) is 20.5. The monoisotopic (exact) mass is 447 g/mol. The van der Waals surface area contributed by atoms with Gasteiger partial charge in [-0.2, -0.15) is 5.10 Å². The molecule has 1 aliphatic heterocycles. The lowest BCUT2D eigenvalue weighted by Gasteiger charge is -2.26. The zero-order valence-corrected chi connectivity index (χ0v) is 17.8. The number of para-hydroxylation sites is 1. The fraction of sp³-hybridized carbons (Fsp3) is 0.227. The summed E-state index contributed by atoms with van der Waals surface area (Å²) >= 11 is 0. The van der Waals surface area contributed by atoms with Crippen molar-refractivity contribution in [1.29, 1.82) is 0 Å². The van der Waals surface area contributed by atoms with Gasteiger partial charge < -0.3 is 19.7 Å². The Morgan fingerprint density at radius 1 is 1.18 bits per heavy atom. The Bertz CT molecular complexity index is 1330. The van der Waals surface area contributed by atoms with Crippen LogP contribution in [0, 0.1) is 0 Å². The summed E-state index contributed by atoms with van der Waals surface area (Å²) in [7, 11) is 1.58. The van der Waals surface area contributed by atoms with E-state index >= 15 is 0 Å². The summed E-state index contributed by atoms with van der Waals surface area (Å²) in [6.07, 6.45) is -0.0920. The van der Waals surface area contributed by atoms with E-state index in [1.54, 1.807) is 30.2 Å². The molecular formula is C22H21N7O4. The number of aromatic amines is 2. The number of nitrogens with zero attached hydrogens (tertiary/aromatic N) is 4. The molecule has 0 unspecified atom stereocenters. The standard InChI is InChI=1S/C22H21N7O4/c1-32-19-5-3-2-4-14(19)11-23-22(31)33-20-15-8-9-29(12-18(15)24-27-20)21(30)13-6-7-16-17(10-13)26-28-25-16/h2-7,10H,8-9,11-12H2,1H3,(H,23,31)(H,24,27)(H,25,26,28). The Morgan fingerprint density at radius 3 is 2.94 bits per heavy atom. The number of nitrogens with one attached hydrogen (secondary N) is 3. The second-order valence-electron chi connectivity index (χ2n) is 7.55. The van der Waals surface area contributed by atoms with Crippen LogP contribution in [0.3, 0.4) is 0 Å². The maximum Gasteiger partial charge on any atom is 0.414 e. The molecule has 0 saturated carbocycles. The van der Waals surface area contributed by atoms with E-state index in [4.69, 9.17) is 9.47 Å². The number of aromatic nitrogens is 5. The van der Waals surface area contributed by atoms with Crippen LogP contribution in [0.25, 0.3) is 11.0 Å². The van der Waals surface area contributed by atoms with Gasteiger partial charge in [0.1, 0.15) is 11.3 Å². The summed E-state index contributed by atoms with van der Waals surface area (Å²) in [5.74, 6) is 0.855. The van der Waals surface area contributed by atoms with Gasteiger partial charge in [-0.3, -0.25) is 9.89 Å². The highest BCUT2D eigenvalue weighted by Crippen LogP contribution is 2.27. The molecule has 2 amide bonds. The van der Waals surface area contributed by atoms with Gasteiger partial charge in [0, 0.05) is 29.8 Å². The van der Waals surface area contributed by atoms with Gasteiger partial charge in [-0.05, 0) is 30.7 Å². The zero-order chi connectivity index (χ0) is 22.8. The van der Waals surface area contributed by atoms with Crippen molar-refractivity contribution in [3.63, 3.8) is 0 Å². The SMILES string of the molecule is COc1ccccc1CNC(=O)Oc1[nH]nc2c1CCN(C(=O)c1ccc3[nH]nnc3c1)C2. The number of benzene rings is 2. The second-order valence-corrected chi connectivity index (χ2v) is 7.55. The van der Waals surface area contributed by atoms with E-state index in [2.05, 4.69) is 30.9 Å². The molecule has 0 saturated heterocycles. The summed E-state index contributed by atoms with van der Waals surface area (Å²) in [4.78, 5) is 27.0. The molecule has 4 aromatic rings. The third-order valence-electron chi connectivity index (χ3n) is 5.56. The minimum Gasteiger partial charge on any atom is -0.496 e. The molecule has 3 heterocycles. The predicted molar refractivity (Wildman–Crippen MR) is 117 cm³/mol. The molecule has 3 N–H and O–H groups in total. The zero-order valence-electron chi connectivity index (χ0n) is 17.8. The van der Waals surface area contributed by atoms with E-state index in [0.29, 0.717) is 47.9 Å². The lowest BCUT2D eigenvalue weighted by atomic mass is 10.1. The number of carbonyl (C=O) groups is 2. The van der Waals surface area contributed by atoms with Crippen LogP contribution in [0.4, 0.5) is 4.79 Å². The maximum atomic E-state index is 13.0. The van der Waals surface area contributed by atoms with Crippen LogP contribution in [-0.2, 0) is 19.5 Å². The van der Waals surface area contributed by atoms with Crippen LogP contribution in [0.5, 0.6) is 11.6 Å². The first-order chi connectivity index (χ1) is 16.1. The van der Waals surface area contributed by atoms with Crippen LogP contribution in [-0.4, -0.2) is 56.2 Å². The summed E-state index contributed by atoms with van der Waals surface area (Å²) in [5.41, 5.74) is 4.23. The minimum atomic E-state index is -0.605. The molecule has 11 heteroatoms. The molecule has 0 fully saturated rings. The number of rotatable bonds is 5. The molecule has 0 radical (unpaired) electrons. The van der Waals surface area contributed by atoms with Crippen LogP contribution >= 0.6 is 0 Å². The van der Waals surface area contributed by atoms with Gasteiger partial charge in [0.25, 0.3) is 5.91 Å². The maximum absolute atomic E-state index is 13.0. The topological polar surface area (TPSA) is 138 Å². The lowest BCUT2D eigenvalue weighted by molar-refractivity contribution is 0.0732. The molecule has 0 bridgehead atoms. The van der Waals surface area contributed by atoms with Gasteiger partial charge in [0.05, 0.1) is 24.9 Å². The Labute approximate surface area is 188 Å². The number of H-pyrrole nitrogens is 2. The molecule has 0 atom stereocenters. The number of hydrogen-bond acceptors (Lipinski definition) is 7. The van der Waals surface area contributed by atoms with E-state index in [1.807, 2.05) is 24.3 Å². The fourth-order valence-electron chi connectivity index (χ4n) is 3.84. The summed E-state index contributed by atoms with van der Waals surface area (Å²) in [5, 5.41) is 20.2. The van der Waals surface area contributed by atoms with Gasteiger partial charge in [0.15, 0.2) is 0 Å². The molecule has 2 aromatic carbocycles. The van der Waals surface area contributed by atoms with E-state index in [0.717, 1.165) is 16.6 Å². The first-order valence-corrected chi connectivity index (χ1v) is 10.4. The summed E-state index contributed by atoms with van der Waals surface area (Å²) in [6, 6.07) is 12.6. The van der Waals surface area contributed by atoms with Crippen molar-refractivity contribution in [2.75, 3.05) is 13.7 Å². The third-order valence-corrected chi connectivity index (χ3v) is 5.56. The molecule has 0 spiro atoms. The molecular weight excluding hydrogens is 426 g/mol. The van der Waals surface area contributed by atoms with E-state index < -0.39 is 6.09 Å². The van der Waals surface area contributed by atoms with Gasteiger partial charge in [0.2, 0.25) is 5.88 Å². The van der Waals surface area contributed by atoms with Crippen LogP contribution in [0.1, 0.15) is 27.2 Å². The summed E-state index contributed by atoms with van der Waals surface area (Å²) in [6.45, 7) is 1.05. The predicted octanol–water partition coefficient (Wildman–Crippen LogP) is 2.18. The number of hydrogen-bond donors (Lipinski definition) is 3. The summed E-state index contributed by atoms with van der Waals surface area (Å²) < 4.78 is 10.7. The lowest BCUT2D eigenvalue weighted by Crippen LogP contribution is -2.36. The Balaban J connectivity index is 1.22. The highest BCUT2D eigenvalue weighted by Gasteiger charge is 2.27. The van der Waals surface area contributed by atoms with E-state index in [9.17, 15) is 9.59 Å². The molecule has 5 rings (SSSR count). The normalized spacial score (nSPS) is 12.9. The largest absolute Gasteiger partial charge is 0.496 e. The fourth-order valence-corrected chi connectivity index (χ4v) is 3.84. The van der Waals surface area contributed by atoms with Crippen LogP contribution < -0.4 is 14.8 Å². The van der Waals surface area contributed by atoms with E-state index in [-0.39, 0.29) is 12.5 Å². The van der Waals surface area contributed by atoms with Crippen molar-refractivity contribution >= 4 is 23.0 Å². The van der Waals surface area contributed by atoms with Gasteiger partial charge in [-0.15, -0.1) is 5.10 Å². The quantitative estimate of drug-likeness (QED) is 0.426. The number of amides is 2. The van der Waals surface area contributed by atoms with Crippen LogP contribution in [0.15, 0.2) is 42.5 Å². The van der Waals surface area contributed by atoms with Crippen molar-refractivity contribution in [2.24, 2.45) is 0 Å². The number of fused-ring (bicyclic) bond motifs is 2. The van der Waals surface area contributed by atoms with Gasteiger partial charge in [-0.25, -0.2) is 9.89 Å². The van der Waals surface area contributed by atoms with Crippen molar-refractivity contribution in [3.05, 3.63) is 64.8 Å². The average Bonchev–Trinajstić information content (AvgIpc) is 3.48. The van der Waals surface area contributed by atoms with Crippen molar-refractivity contribution < 1.29 is 19.1 Å². The molecule has 33 heavy (non-hydrogen) atoms. The van der Waals surface area contributed by atoms with Crippen molar-refractivity contribution in [3.8, 4) is 11.6 Å². The van der Waals surface area contributed by atoms with Crippen molar-refractivity contribution in [2.45, 2.75) is 19.5 Å². The molecule has 2 aromatic heterocycles. The smallest absolute Gasteiger partial charge is 0.414 e. The average molecular weight is 447 g/mol. The molecule has 1 aliphatic rings. The number of ether oxygens (including phenoxy) is 2. The molecule has 0 aliphatic carbocycles. The Morgan fingerprint density at radius 2 is 2.06 bits per heavy atom. The number of methoxy groups -OCH3 is 1.